The molecule has 2 N–H and O–H groups in total. The number of ether oxygens (including phenoxy) is 3. The summed E-state index contributed by atoms with van der Waals surface area (Å²) in [6.07, 6.45) is -0.107. The molecule has 84 valence electrons. The van der Waals surface area contributed by atoms with Crippen LogP contribution < -0.4 is 15.2 Å². The second-order valence-electron chi connectivity index (χ2n) is 3.07. The minimum Gasteiger partial charge on any atom is -0.493 e. The molecular weight excluding hydrogens is 194 g/mol. The number of benzene rings is 1. The van der Waals surface area contributed by atoms with Crippen LogP contribution in [0.15, 0.2) is 18.2 Å². The molecule has 1 atom stereocenters. The van der Waals surface area contributed by atoms with Crippen LogP contribution in [-0.2, 0) is 4.74 Å². The Morgan fingerprint density at radius 2 is 1.80 bits per heavy atom. The van der Waals surface area contributed by atoms with Crippen LogP contribution in [0.2, 0.25) is 0 Å². The second kappa shape index (κ2) is 5.58. The average molecular weight is 211 g/mol. The summed E-state index contributed by atoms with van der Waals surface area (Å²) in [6, 6.07) is 5.64. The third-order valence-corrected chi connectivity index (χ3v) is 2.28. The molecule has 4 nitrogen and oxygen atoms in total. The molecule has 1 aromatic rings. The lowest BCUT2D eigenvalue weighted by Crippen LogP contribution is -2.14. The first kappa shape index (κ1) is 11.8. The predicted molar refractivity (Wildman–Crippen MR) is 58.4 cm³/mol. The Labute approximate surface area is 89.9 Å². The summed E-state index contributed by atoms with van der Waals surface area (Å²) in [5, 5.41) is 0. The molecule has 0 spiro atoms. The summed E-state index contributed by atoms with van der Waals surface area (Å²) in [7, 11) is 4.84. The van der Waals surface area contributed by atoms with Crippen LogP contribution in [0, 0.1) is 0 Å². The fourth-order valence-corrected chi connectivity index (χ4v) is 1.42. The fourth-order valence-electron chi connectivity index (χ4n) is 1.42. The van der Waals surface area contributed by atoms with Crippen molar-refractivity contribution >= 4 is 0 Å². The third-order valence-electron chi connectivity index (χ3n) is 2.28. The van der Waals surface area contributed by atoms with Gasteiger partial charge in [0.25, 0.3) is 0 Å². The molecule has 0 heterocycles. The van der Waals surface area contributed by atoms with E-state index >= 15 is 0 Å². The number of hydrogen-bond donors (Lipinski definition) is 1. The van der Waals surface area contributed by atoms with Crippen LogP contribution in [-0.4, -0.2) is 27.9 Å². The zero-order chi connectivity index (χ0) is 11.3. The molecule has 1 rings (SSSR count). The highest BCUT2D eigenvalue weighted by atomic mass is 16.5. The first-order valence-electron chi connectivity index (χ1n) is 4.71. The molecule has 0 bridgehead atoms. The van der Waals surface area contributed by atoms with E-state index in [0.29, 0.717) is 18.0 Å². The van der Waals surface area contributed by atoms with Gasteiger partial charge in [-0.2, -0.15) is 0 Å². The first-order valence-corrected chi connectivity index (χ1v) is 4.71. The summed E-state index contributed by atoms with van der Waals surface area (Å²) in [5.41, 5.74) is 6.56. The van der Waals surface area contributed by atoms with E-state index in [0.717, 1.165) is 5.56 Å². The van der Waals surface area contributed by atoms with Gasteiger partial charge in [-0.15, -0.1) is 0 Å². The van der Waals surface area contributed by atoms with Crippen molar-refractivity contribution in [3.63, 3.8) is 0 Å². The number of methoxy groups -OCH3 is 3. The lowest BCUT2D eigenvalue weighted by molar-refractivity contribution is 0.110. The Balaban J connectivity index is 3.01. The van der Waals surface area contributed by atoms with Gasteiger partial charge in [-0.05, 0) is 17.7 Å². The number of hydrogen-bond acceptors (Lipinski definition) is 4. The molecule has 0 radical (unpaired) electrons. The van der Waals surface area contributed by atoms with Crippen molar-refractivity contribution in [2.45, 2.75) is 6.10 Å². The van der Waals surface area contributed by atoms with Gasteiger partial charge in [0.1, 0.15) is 0 Å². The first-order chi connectivity index (χ1) is 7.26. The lowest BCUT2D eigenvalue weighted by Gasteiger charge is -2.15. The zero-order valence-corrected chi connectivity index (χ0v) is 9.32. The molecular formula is C11H17NO3. The van der Waals surface area contributed by atoms with E-state index in [-0.39, 0.29) is 6.10 Å². The van der Waals surface area contributed by atoms with E-state index in [4.69, 9.17) is 19.9 Å². The van der Waals surface area contributed by atoms with E-state index in [9.17, 15) is 0 Å². The van der Waals surface area contributed by atoms with Crippen molar-refractivity contribution in [3.8, 4) is 11.5 Å². The van der Waals surface area contributed by atoms with E-state index in [2.05, 4.69) is 0 Å². The van der Waals surface area contributed by atoms with E-state index < -0.39 is 0 Å². The third kappa shape index (κ3) is 2.61. The van der Waals surface area contributed by atoms with Gasteiger partial charge in [0.05, 0.1) is 20.3 Å². The Hall–Kier alpha value is -1.26. The van der Waals surface area contributed by atoms with E-state index in [1.165, 1.54) is 0 Å². The normalized spacial score (nSPS) is 12.3. The summed E-state index contributed by atoms with van der Waals surface area (Å²) < 4.78 is 15.6. The summed E-state index contributed by atoms with van der Waals surface area (Å²) >= 11 is 0. The lowest BCUT2D eigenvalue weighted by atomic mass is 10.1. The van der Waals surface area contributed by atoms with Gasteiger partial charge in [0.15, 0.2) is 11.5 Å². The maximum Gasteiger partial charge on any atom is 0.161 e. The highest BCUT2D eigenvalue weighted by Gasteiger charge is 2.11. The smallest absolute Gasteiger partial charge is 0.161 e. The van der Waals surface area contributed by atoms with Crippen molar-refractivity contribution in [2.75, 3.05) is 27.9 Å². The quantitative estimate of drug-likeness (QED) is 0.798. The molecule has 4 heteroatoms. The molecule has 0 saturated carbocycles. The molecule has 0 amide bonds. The standard InChI is InChI=1S/C11H17NO3/c1-13-9-5-4-8(6-10(9)14-2)11(7-12)15-3/h4-6,11H,7,12H2,1-3H3. The SMILES string of the molecule is COc1ccc(C(CN)OC)cc1OC. The summed E-state index contributed by atoms with van der Waals surface area (Å²) in [4.78, 5) is 0. The maximum atomic E-state index is 5.58. The van der Waals surface area contributed by atoms with Crippen molar-refractivity contribution in [1.29, 1.82) is 0 Å². The van der Waals surface area contributed by atoms with Gasteiger partial charge in [0, 0.05) is 13.7 Å². The monoisotopic (exact) mass is 211 g/mol. The molecule has 1 aromatic carbocycles. The van der Waals surface area contributed by atoms with Gasteiger partial charge < -0.3 is 19.9 Å². The summed E-state index contributed by atoms with van der Waals surface area (Å²) in [5.74, 6) is 1.39. The highest BCUT2D eigenvalue weighted by Crippen LogP contribution is 2.30. The van der Waals surface area contributed by atoms with Gasteiger partial charge in [-0.25, -0.2) is 0 Å². The Morgan fingerprint density at radius 3 is 2.27 bits per heavy atom. The molecule has 0 saturated heterocycles. The Kier molecular flexibility index (Phi) is 4.39. The molecule has 0 fully saturated rings. The summed E-state index contributed by atoms with van der Waals surface area (Å²) in [6.45, 7) is 0.436. The average Bonchev–Trinajstić information content (AvgIpc) is 2.30. The largest absolute Gasteiger partial charge is 0.493 e. The molecule has 0 aromatic heterocycles. The zero-order valence-electron chi connectivity index (χ0n) is 9.32. The highest BCUT2D eigenvalue weighted by molar-refractivity contribution is 5.43. The van der Waals surface area contributed by atoms with Gasteiger partial charge in [0.2, 0.25) is 0 Å². The topological polar surface area (TPSA) is 53.7 Å². The van der Waals surface area contributed by atoms with Crippen molar-refractivity contribution in [2.24, 2.45) is 5.73 Å². The van der Waals surface area contributed by atoms with Gasteiger partial charge in [-0.1, -0.05) is 6.07 Å². The van der Waals surface area contributed by atoms with Gasteiger partial charge >= 0.3 is 0 Å². The Morgan fingerprint density at radius 1 is 1.13 bits per heavy atom. The van der Waals surface area contributed by atoms with Gasteiger partial charge in [-0.3, -0.25) is 0 Å². The van der Waals surface area contributed by atoms with E-state index in [1.54, 1.807) is 21.3 Å². The minimum atomic E-state index is -0.107. The Bertz CT molecular complexity index is 311. The van der Waals surface area contributed by atoms with E-state index in [1.807, 2.05) is 18.2 Å². The fraction of sp³-hybridized carbons (Fsp3) is 0.455. The molecule has 0 aliphatic heterocycles. The molecule has 1 unspecified atom stereocenters. The molecule has 0 aliphatic rings. The van der Waals surface area contributed by atoms with Crippen LogP contribution in [0.4, 0.5) is 0 Å². The molecule has 15 heavy (non-hydrogen) atoms. The van der Waals surface area contributed by atoms with Crippen LogP contribution in [0.1, 0.15) is 11.7 Å². The van der Waals surface area contributed by atoms with Crippen LogP contribution in [0.5, 0.6) is 11.5 Å². The minimum absolute atomic E-state index is 0.107. The molecule has 0 aliphatic carbocycles. The maximum absolute atomic E-state index is 5.58. The van der Waals surface area contributed by atoms with Crippen molar-refractivity contribution < 1.29 is 14.2 Å². The van der Waals surface area contributed by atoms with Crippen LogP contribution in [0.25, 0.3) is 0 Å². The number of rotatable bonds is 5. The van der Waals surface area contributed by atoms with Crippen molar-refractivity contribution in [1.82, 2.24) is 0 Å². The second-order valence-corrected chi connectivity index (χ2v) is 3.07. The predicted octanol–water partition coefficient (Wildman–Crippen LogP) is 1.35. The number of nitrogens with two attached hydrogens (primary N) is 1. The van der Waals surface area contributed by atoms with Crippen LogP contribution >= 0.6 is 0 Å². The van der Waals surface area contributed by atoms with Crippen LogP contribution in [0.3, 0.4) is 0 Å². The van der Waals surface area contributed by atoms with Crippen molar-refractivity contribution in [3.05, 3.63) is 23.8 Å².